The molecule has 1 N–H and O–H groups in total. The number of thiophene rings is 1. The maximum atomic E-state index is 12.6. The molecule has 0 unspecified atom stereocenters. The molecule has 17 heavy (non-hydrogen) atoms. The lowest BCUT2D eigenvalue weighted by molar-refractivity contribution is 0.554. The van der Waals surface area contributed by atoms with E-state index in [-0.39, 0.29) is 16.5 Å². The highest BCUT2D eigenvalue weighted by atomic mass is 32.3. The summed E-state index contributed by atoms with van der Waals surface area (Å²) in [6, 6.07) is 2.64. The molecule has 1 aromatic heterocycles. The lowest BCUT2D eigenvalue weighted by Crippen LogP contribution is -2.27. The third kappa shape index (κ3) is 4.70. The average molecular weight is 301 g/mol. The normalized spacial score (nSPS) is 12.8. The zero-order chi connectivity index (χ0) is 13.1. The van der Waals surface area contributed by atoms with Gasteiger partial charge in [0, 0.05) is 11.4 Å². The van der Waals surface area contributed by atoms with Crippen molar-refractivity contribution in [1.29, 1.82) is 0 Å². The summed E-state index contributed by atoms with van der Waals surface area (Å²) in [7, 11) is -7.91. The number of nitrogens with one attached hydrogen (secondary N) is 1. The first-order chi connectivity index (χ1) is 7.74. The molecule has 5 nitrogen and oxygen atoms in total. The van der Waals surface area contributed by atoms with E-state index in [2.05, 4.69) is 4.72 Å². The van der Waals surface area contributed by atoms with Crippen LogP contribution in [-0.2, 0) is 26.7 Å². The van der Waals surface area contributed by atoms with Gasteiger partial charge in [0.05, 0.1) is 5.75 Å². The Morgan fingerprint density at radius 1 is 1.29 bits per heavy atom. The Morgan fingerprint density at radius 2 is 1.94 bits per heavy atom. The van der Waals surface area contributed by atoms with Crippen molar-refractivity contribution >= 4 is 31.6 Å². The van der Waals surface area contributed by atoms with E-state index in [9.17, 15) is 20.7 Å². The third-order valence-electron chi connectivity index (χ3n) is 1.95. The van der Waals surface area contributed by atoms with Crippen LogP contribution in [0.25, 0.3) is 0 Å². The molecule has 0 saturated heterocycles. The van der Waals surface area contributed by atoms with Gasteiger partial charge in [0.25, 0.3) is 0 Å². The second-order valence-electron chi connectivity index (χ2n) is 3.21. The fraction of sp³-hybridized carbons (Fsp3) is 0.500. The van der Waals surface area contributed by atoms with Crippen LogP contribution in [0.5, 0.6) is 0 Å². The lowest BCUT2D eigenvalue weighted by atomic mass is 10.3. The molecular formula is C8H12FNO4S3. The predicted molar refractivity (Wildman–Crippen MR) is 63.8 cm³/mol. The SMILES string of the molecule is CCS(=O)(=O)NCCc1ccc(S(=O)(=O)F)s1. The van der Waals surface area contributed by atoms with Gasteiger partial charge in [0.1, 0.15) is 0 Å². The first-order valence-corrected chi connectivity index (χ1v) is 8.60. The van der Waals surface area contributed by atoms with Crippen molar-refractivity contribution in [3.63, 3.8) is 0 Å². The fourth-order valence-corrected chi connectivity index (χ4v) is 3.36. The van der Waals surface area contributed by atoms with Crippen LogP contribution in [-0.4, -0.2) is 29.1 Å². The average Bonchev–Trinajstić information content (AvgIpc) is 2.66. The van der Waals surface area contributed by atoms with E-state index in [1.54, 1.807) is 0 Å². The molecular weight excluding hydrogens is 289 g/mol. The zero-order valence-electron chi connectivity index (χ0n) is 9.01. The van der Waals surface area contributed by atoms with Crippen LogP contribution < -0.4 is 4.72 Å². The molecule has 0 bridgehead atoms. The van der Waals surface area contributed by atoms with E-state index in [4.69, 9.17) is 0 Å². The van der Waals surface area contributed by atoms with Gasteiger partial charge in [-0.05, 0) is 25.5 Å². The Bertz CT molecular complexity index is 576. The van der Waals surface area contributed by atoms with Crippen molar-refractivity contribution in [3.05, 3.63) is 17.0 Å². The van der Waals surface area contributed by atoms with Gasteiger partial charge < -0.3 is 0 Å². The minimum absolute atomic E-state index is 0.0124. The van der Waals surface area contributed by atoms with E-state index in [1.807, 2.05) is 0 Å². The minimum atomic E-state index is -4.66. The van der Waals surface area contributed by atoms with Gasteiger partial charge in [-0.25, -0.2) is 13.1 Å². The topological polar surface area (TPSA) is 80.3 Å². The summed E-state index contributed by atoms with van der Waals surface area (Å²) in [4.78, 5) is 0.611. The van der Waals surface area contributed by atoms with Crippen LogP contribution in [0.4, 0.5) is 3.89 Å². The number of sulfonamides is 1. The molecule has 98 valence electrons. The predicted octanol–water partition coefficient (Wildman–Crippen LogP) is 0.888. The Kier molecular flexibility index (Phi) is 4.64. The molecule has 1 rings (SSSR count). The number of hydrogen-bond acceptors (Lipinski definition) is 5. The van der Waals surface area contributed by atoms with Gasteiger partial charge >= 0.3 is 10.2 Å². The lowest BCUT2D eigenvalue weighted by Gasteiger charge is -2.02. The van der Waals surface area contributed by atoms with Gasteiger partial charge in [-0.2, -0.15) is 8.42 Å². The van der Waals surface area contributed by atoms with Crippen LogP contribution >= 0.6 is 11.3 Å². The van der Waals surface area contributed by atoms with Gasteiger partial charge in [-0.15, -0.1) is 11.3 Å². The Morgan fingerprint density at radius 3 is 2.41 bits per heavy atom. The minimum Gasteiger partial charge on any atom is -0.215 e. The summed E-state index contributed by atoms with van der Waals surface area (Å²) in [5.74, 6) is -0.0124. The number of rotatable bonds is 6. The Labute approximate surface area is 104 Å². The molecule has 9 heteroatoms. The Hall–Kier alpha value is -0.510. The molecule has 0 fully saturated rings. The molecule has 0 saturated carbocycles. The van der Waals surface area contributed by atoms with Gasteiger partial charge in [-0.1, -0.05) is 3.89 Å². The third-order valence-corrected chi connectivity index (χ3v) is 5.76. The van der Waals surface area contributed by atoms with Crippen molar-refractivity contribution in [3.8, 4) is 0 Å². The van der Waals surface area contributed by atoms with E-state index in [0.717, 1.165) is 11.3 Å². The van der Waals surface area contributed by atoms with Crippen molar-refractivity contribution in [2.45, 2.75) is 17.6 Å². The molecule has 1 heterocycles. The second kappa shape index (κ2) is 5.42. The molecule has 0 amide bonds. The van der Waals surface area contributed by atoms with Gasteiger partial charge in [-0.3, -0.25) is 0 Å². The van der Waals surface area contributed by atoms with Gasteiger partial charge in [0.15, 0.2) is 4.21 Å². The van der Waals surface area contributed by atoms with E-state index in [0.29, 0.717) is 11.3 Å². The van der Waals surface area contributed by atoms with Crippen LogP contribution in [0.1, 0.15) is 11.8 Å². The summed E-state index contributed by atoms with van der Waals surface area (Å²) in [6.45, 7) is 1.68. The van der Waals surface area contributed by atoms with Crippen LogP contribution in [0, 0.1) is 0 Å². The second-order valence-corrected chi connectivity index (χ2v) is 8.04. The first-order valence-electron chi connectivity index (χ1n) is 4.75. The first kappa shape index (κ1) is 14.6. The molecule has 0 aliphatic rings. The van der Waals surface area contributed by atoms with Crippen LogP contribution in [0.2, 0.25) is 0 Å². The maximum absolute atomic E-state index is 12.6. The van der Waals surface area contributed by atoms with E-state index < -0.39 is 20.2 Å². The summed E-state index contributed by atoms with van der Waals surface area (Å²) in [5, 5.41) is 0. The van der Waals surface area contributed by atoms with Crippen molar-refractivity contribution in [2.75, 3.05) is 12.3 Å². The molecule has 0 aliphatic carbocycles. The van der Waals surface area contributed by atoms with Crippen LogP contribution in [0.3, 0.4) is 0 Å². The molecule has 1 aromatic rings. The van der Waals surface area contributed by atoms with E-state index >= 15 is 0 Å². The highest BCUT2D eigenvalue weighted by Gasteiger charge is 2.15. The largest absolute Gasteiger partial charge is 0.341 e. The molecule has 0 aliphatic heterocycles. The summed E-state index contributed by atoms with van der Waals surface area (Å²) < 4.78 is 57.9. The number of halogens is 1. The summed E-state index contributed by atoms with van der Waals surface area (Å²) in [5.41, 5.74) is 0. The quantitative estimate of drug-likeness (QED) is 0.791. The molecule has 0 spiro atoms. The zero-order valence-corrected chi connectivity index (χ0v) is 11.5. The van der Waals surface area contributed by atoms with E-state index in [1.165, 1.54) is 19.1 Å². The monoisotopic (exact) mass is 301 g/mol. The Balaban J connectivity index is 2.58. The maximum Gasteiger partial charge on any atom is 0.341 e. The highest BCUT2D eigenvalue weighted by Crippen LogP contribution is 2.23. The molecule has 0 atom stereocenters. The smallest absolute Gasteiger partial charge is 0.215 e. The standard InChI is InChI=1S/C8H12FNO4S3/c1-2-16(11,12)10-6-5-7-3-4-8(15-7)17(9,13)14/h3-4,10H,2,5-6H2,1H3. The van der Waals surface area contributed by atoms with Crippen molar-refractivity contribution in [1.82, 2.24) is 4.72 Å². The molecule has 0 aromatic carbocycles. The highest BCUT2D eigenvalue weighted by molar-refractivity contribution is 7.89. The van der Waals surface area contributed by atoms with Crippen molar-refractivity contribution in [2.24, 2.45) is 0 Å². The summed E-state index contributed by atoms with van der Waals surface area (Å²) in [6.07, 6.45) is 0.333. The number of hydrogen-bond donors (Lipinski definition) is 1. The fourth-order valence-electron chi connectivity index (χ4n) is 1.06. The van der Waals surface area contributed by atoms with Crippen LogP contribution in [0.15, 0.2) is 16.3 Å². The van der Waals surface area contributed by atoms with Crippen molar-refractivity contribution < 1.29 is 20.7 Å². The van der Waals surface area contributed by atoms with Gasteiger partial charge in [0.2, 0.25) is 10.0 Å². The summed E-state index contributed by atoms with van der Waals surface area (Å²) >= 11 is 0.800. The molecule has 0 radical (unpaired) electrons.